The van der Waals surface area contributed by atoms with Gasteiger partial charge in [-0.1, -0.05) is 6.92 Å². The first-order chi connectivity index (χ1) is 8.58. The van der Waals surface area contributed by atoms with Crippen LogP contribution in [0, 0.1) is 6.92 Å². The minimum atomic E-state index is 0.496. The molecular formula is C14H24N4. The average Bonchev–Trinajstić information content (AvgIpc) is 3.21. The fourth-order valence-corrected chi connectivity index (χ4v) is 2.12. The van der Waals surface area contributed by atoms with E-state index < -0.39 is 0 Å². The first-order valence-electron chi connectivity index (χ1n) is 6.87. The monoisotopic (exact) mass is 248 g/mol. The van der Waals surface area contributed by atoms with Gasteiger partial charge < -0.3 is 10.2 Å². The molecule has 1 unspecified atom stereocenters. The molecule has 100 valence electrons. The summed E-state index contributed by atoms with van der Waals surface area (Å²) in [6.07, 6.45) is 3.59. The van der Waals surface area contributed by atoms with Crippen LogP contribution in [0.1, 0.15) is 50.4 Å². The lowest BCUT2D eigenvalue weighted by Gasteiger charge is -2.27. The highest BCUT2D eigenvalue weighted by Crippen LogP contribution is 2.40. The Balaban J connectivity index is 2.40. The van der Waals surface area contributed by atoms with Crippen molar-refractivity contribution in [1.29, 1.82) is 0 Å². The second-order valence-corrected chi connectivity index (χ2v) is 5.27. The summed E-state index contributed by atoms with van der Waals surface area (Å²) in [4.78, 5) is 11.7. The predicted octanol–water partition coefficient (Wildman–Crippen LogP) is 2.94. The molecule has 1 saturated carbocycles. The molecule has 0 amide bonds. The third kappa shape index (κ3) is 2.42. The lowest BCUT2D eigenvalue weighted by Crippen LogP contribution is -2.30. The van der Waals surface area contributed by atoms with Gasteiger partial charge in [-0.3, -0.25) is 0 Å². The number of rotatable bonds is 5. The van der Waals surface area contributed by atoms with Crippen LogP contribution in [0.25, 0.3) is 0 Å². The van der Waals surface area contributed by atoms with E-state index in [-0.39, 0.29) is 0 Å². The first kappa shape index (κ1) is 13.1. The van der Waals surface area contributed by atoms with Crippen molar-refractivity contribution in [3.63, 3.8) is 0 Å². The van der Waals surface area contributed by atoms with Crippen molar-refractivity contribution in [2.45, 2.75) is 52.0 Å². The van der Waals surface area contributed by atoms with Crippen LogP contribution in [-0.4, -0.2) is 30.1 Å². The Morgan fingerprint density at radius 1 is 1.39 bits per heavy atom. The summed E-state index contributed by atoms with van der Waals surface area (Å²) >= 11 is 0. The van der Waals surface area contributed by atoms with Gasteiger partial charge in [-0.05, 0) is 33.1 Å². The highest BCUT2D eigenvalue weighted by atomic mass is 15.2. The lowest BCUT2D eigenvalue weighted by molar-refractivity contribution is 0.652. The summed E-state index contributed by atoms with van der Waals surface area (Å²) in [6.45, 7) is 6.53. The van der Waals surface area contributed by atoms with E-state index in [9.17, 15) is 0 Å². The zero-order valence-corrected chi connectivity index (χ0v) is 12.1. The van der Waals surface area contributed by atoms with E-state index in [1.807, 2.05) is 7.05 Å². The highest BCUT2D eigenvalue weighted by molar-refractivity contribution is 5.58. The number of hydrogen-bond acceptors (Lipinski definition) is 4. The third-order valence-corrected chi connectivity index (χ3v) is 3.90. The molecule has 1 atom stereocenters. The smallest absolute Gasteiger partial charge is 0.137 e. The van der Waals surface area contributed by atoms with E-state index in [0.29, 0.717) is 12.0 Å². The van der Waals surface area contributed by atoms with Crippen LogP contribution in [0.2, 0.25) is 0 Å². The van der Waals surface area contributed by atoms with E-state index >= 15 is 0 Å². The van der Waals surface area contributed by atoms with E-state index in [1.165, 1.54) is 12.8 Å². The quantitative estimate of drug-likeness (QED) is 0.870. The minimum absolute atomic E-state index is 0.496. The summed E-state index contributed by atoms with van der Waals surface area (Å²) in [6, 6.07) is 0.496. The van der Waals surface area contributed by atoms with Gasteiger partial charge in [0.05, 0.1) is 0 Å². The molecule has 1 aliphatic rings. The topological polar surface area (TPSA) is 41.1 Å². The third-order valence-electron chi connectivity index (χ3n) is 3.90. The Morgan fingerprint density at radius 2 is 2.06 bits per heavy atom. The molecule has 0 aromatic carbocycles. The fourth-order valence-electron chi connectivity index (χ4n) is 2.12. The normalized spacial score (nSPS) is 16.5. The number of aromatic nitrogens is 2. The van der Waals surface area contributed by atoms with Crippen LogP contribution < -0.4 is 10.2 Å². The van der Waals surface area contributed by atoms with E-state index in [0.717, 1.165) is 29.4 Å². The molecule has 1 fully saturated rings. The van der Waals surface area contributed by atoms with Crippen molar-refractivity contribution in [3.8, 4) is 0 Å². The molecule has 18 heavy (non-hydrogen) atoms. The van der Waals surface area contributed by atoms with Gasteiger partial charge in [-0.15, -0.1) is 0 Å². The molecule has 1 aromatic rings. The second-order valence-electron chi connectivity index (χ2n) is 5.27. The van der Waals surface area contributed by atoms with Crippen LogP contribution in [0.5, 0.6) is 0 Å². The molecule has 0 bridgehead atoms. The molecule has 1 heterocycles. The van der Waals surface area contributed by atoms with Crippen LogP contribution in [-0.2, 0) is 0 Å². The van der Waals surface area contributed by atoms with Gasteiger partial charge in [0.1, 0.15) is 17.5 Å². The van der Waals surface area contributed by atoms with Crippen LogP contribution in [0.3, 0.4) is 0 Å². The molecule has 1 N–H and O–H groups in total. The second kappa shape index (κ2) is 5.12. The number of anilines is 2. The lowest BCUT2D eigenvalue weighted by atomic mass is 10.2. The van der Waals surface area contributed by atoms with Crippen molar-refractivity contribution in [2.24, 2.45) is 0 Å². The standard InChI is InChI=1S/C14H24N4/c1-6-9(2)18(5)14-10(3)12(15-4)16-13(17-14)11-7-8-11/h9,11H,6-8H2,1-5H3,(H,15,16,17). The summed E-state index contributed by atoms with van der Waals surface area (Å²) in [5.74, 6) is 3.64. The van der Waals surface area contributed by atoms with E-state index in [4.69, 9.17) is 4.98 Å². The summed E-state index contributed by atoms with van der Waals surface area (Å²) < 4.78 is 0. The van der Waals surface area contributed by atoms with Gasteiger partial charge in [0.25, 0.3) is 0 Å². The Kier molecular flexibility index (Phi) is 3.73. The van der Waals surface area contributed by atoms with Crippen molar-refractivity contribution in [3.05, 3.63) is 11.4 Å². The Labute approximate surface area is 110 Å². The van der Waals surface area contributed by atoms with Crippen LogP contribution in [0.15, 0.2) is 0 Å². The van der Waals surface area contributed by atoms with Gasteiger partial charge >= 0.3 is 0 Å². The molecule has 1 aromatic heterocycles. The Hall–Kier alpha value is -1.32. The molecule has 4 nitrogen and oxygen atoms in total. The maximum atomic E-state index is 4.79. The Bertz CT molecular complexity index is 426. The first-order valence-corrected chi connectivity index (χ1v) is 6.87. The van der Waals surface area contributed by atoms with E-state index in [1.54, 1.807) is 0 Å². The fraction of sp³-hybridized carbons (Fsp3) is 0.714. The highest BCUT2D eigenvalue weighted by Gasteiger charge is 2.29. The van der Waals surface area contributed by atoms with Crippen molar-refractivity contribution >= 4 is 11.6 Å². The summed E-state index contributed by atoms with van der Waals surface area (Å²) in [5.41, 5.74) is 1.14. The number of nitrogens with zero attached hydrogens (tertiary/aromatic N) is 3. The van der Waals surface area contributed by atoms with E-state index in [2.05, 4.69) is 43.0 Å². The average molecular weight is 248 g/mol. The van der Waals surface area contributed by atoms with Gasteiger partial charge in [-0.2, -0.15) is 0 Å². The zero-order valence-electron chi connectivity index (χ0n) is 12.1. The van der Waals surface area contributed by atoms with Gasteiger partial charge in [-0.25, -0.2) is 9.97 Å². The number of hydrogen-bond donors (Lipinski definition) is 1. The van der Waals surface area contributed by atoms with Crippen molar-refractivity contribution in [2.75, 3.05) is 24.3 Å². The molecule has 0 saturated heterocycles. The van der Waals surface area contributed by atoms with Gasteiger partial charge in [0, 0.05) is 31.6 Å². The summed E-state index contributed by atoms with van der Waals surface area (Å²) in [5, 5.41) is 3.19. The Morgan fingerprint density at radius 3 is 2.56 bits per heavy atom. The van der Waals surface area contributed by atoms with Gasteiger partial charge in [0.2, 0.25) is 0 Å². The predicted molar refractivity (Wildman–Crippen MR) is 76.4 cm³/mol. The molecular weight excluding hydrogens is 224 g/mol. The maximum Gasteiger partial charge on any atom is 0.137 e. The molecule has 2 rings (SSSR count). The zero-order chi connectivity index (χ0) is 13.3. The molecule has 4 heteroatoms. The van der Waals surface area contributed by atoms with Gasteiger partial charge in [0.15, 0.2) is 0 Å². The van der Waals surface area contributed by atoms with Crippen LogP contribution >= 0.6 is 0 Å². The molecule has 0 aliphatic heterocycles. The van der Waals surface area contributed by atoms with Crippen molar-refractivity contribution in [1.82, 2.24) is 9.97 Å². The molecule has 1 aliphatic carbocycles. The molecule has 0 radical (unpaired) electrons. The molecule has 0 spiro atoms. The largest absolute Gasteiger partial charge is 0.373 e. The van der Waals surface area contributed by atoms with Crippen molar-refractivity contribution < 1.29 is 0 Å². The SMILES string of the molecule is CCC(C)N(C)c1nc(C2CC2)nc(NC)c1C. The van der Waals surface area contributed by atoms with Crippen LogP contribution in [0.4, 0.5) is 11.6 Å². The number of nitrogens with one attached hydrogen (secondary N) is 1. The maximum absolute atomic E-state index is 4.79. The minimum Gasteiger partial charge on any atom is -0.373 e. The summed E-state index contributed by atoms with van der Waals surface area (Å²) in [7, 11) is 4.05.